The second-order valence-electron chi connectivity index (χ2n) is 4.65. The fourth-order valence-corrected chi connectivity index (χ4v) is 2.74. The highest BCUT2D eigenvalue weighted by Crippen LogP contribution is 2.33. The summed E-state index contributed by atoms with van der Waals surface area (Å²) in [6.45, 7) is 2.20. The Morgan fingerprint density at radius 3 is 3.00 bits per heavy atom. The molecule has 98 valence electrons. The maximum atomic E-state index is 12.0. The van der Waals surface area contributed by atoms with Crippen LogP contribution in [-0.4, -0.2) is 31.5 Å². The molecule has 1 atom stereocenters. The number of ether oxygens (including phenoxy) is 1. The lowest BCUT2D eigenvalue weighted by molar-refractivity contribution is -0.122. The van der Waals surface area contributed by atoms with Gasteiger partial charge in [-0.2, -0.15) is 0 Å². The normalized spacial score (nSPS) is 17.9. The number of carbonyl (C=O) groups is 1. The lowest BCUT2D eigenvalue weighted by Crippen LogP contribution is -2.38. The maximum absolute atomic E-state index is 12.0. The number of methoxy groups -OCH3 is 1. The van der Waals surface area contributed by atoms with E-state index < -0.39 is 0 Å². The molecule has 18 heavy (non-hydrogen) atoms. The molecule has 1 aromatic carbocycles. The molecule has 0 aromatic heterocycles. The second-order valence-corrected chi connectivity index (χ2v) is 5.03. The number of alkyl halides is 1. The highest BCUT2D eigenvalue weighted by atomic mass is 35.5. The second kappa shape index (κ2) is 5.72. The first-order valence-corrected chi connectivity index (χ1v) is 6.69. The molecule has 1 unspecified atom stereocenters. The van der Waals surface area contributed by atoms with Crippen LogP contribution in [0.15, 0.2) is 18.2 Å². The van der Waals surface area contributed by atoms with Gasteiger partial charge in [-0.3, -0.25) is 4.79 Å². The minimum atomic E-state index is 0.0221. The fraction of sp³-hybridized carbons (Fsp3) is 0.500. The molecule has 1 aliphatic heterocycles. The highest BCUT2D eigenvalue weighted by molar-refractivity contribution is 6.18. The van der Waals surface area contributed by atoms with Gasteiger partial charge in [0.15, 0.2) is 0 Å². The third-order valence-corrected chi connectivity index (χ3v) is 3.47. The summed E-state index contributed by atoms with van der Waals surface area (Å²) in [5, 5.41) is 0. The van der Waals surface area contributed by atoms with Crippen LogP contribution in [0.25, 0.3) is 0 Å². The molecule has 0 aliphatic carbocycles. The molecule has 1 aliphatic rings. The van der Waals surface area contributed by atoms with Crippen molar-refractivity contribution in [2.75, 3.05) is 24.5 Å². The van der Waals surface area contributed by atoms with E-state index in [-0.39, 0.29) is 18.6 Å². The number of nitrogens with zero attached hydrogens (tertiary/aromatic N) is 1. The largest absolute Gasteiger partial charge is 0.375 e. The van der Waals surface area contributed by atoms with Gasteiger partial charge in [-0.25, -0.2) is 0 Å². The molecule has 0 saturated heterocycles. The first-order chi connectivity index (χ1) is 8.67. The Hall–Kier alpha value is -1.06. The van der Waals surface area contributed by atoms with Crippen molar-refractivity contribution in [2.24, 2.45) is 0 Å². The lowest BCUT2D eigenvalue weighted by Gasteiger charge is -2.22. The predicted octanol–water partition coefficient (Wildman–Crippen LogP) is 2.39. The van der Waals surface area contributed by atoms with E-state index in [2.05, 4.69) is 13.0 Å². The van der Waals surface area contributed by atoms with E-state index in [4.69, 9.17) is 16.3 Å². The van der Waals surface area contributed by atoms with Crippen LogP contribution in [0.4, 0.5) is 5.69 Å². The molecule has 0 radical (unpaired) electrons. The zero-order valence-electron chi connectivity index (χ0n) is 10.8. The fourth-order valence-electron chi connectivity index (χ4n) is 2.52. The Kier molecular flexibility index (Phi) is 4.25. The summed E-state index contributed by atoms with van der Waals surface area (Å²) in [5.74, 6) is 0.648. The average Bonchev–Trinajstić information content (AvgIpc) is 2.65. The number of hydrogen-bond acceptors (Lipinski definition) is 2. The predicted molar refractivity (Wildman–Crippen MR) is 73.4 cm³/mol. The van der Waals surface area contributed by atoms with Crippen LogP contribution in [0.3, 0.4) is 0 Å². The van der Waals surface area contributed by atoms with Gasteiger partial charge < -0.3 is 9.64 Å². The van der Waals surface area contributed by atoms with Crippen molar-refractivity contribution in [3.8, 4) is 0 Å². The number of halogens is 1. The molecule has 3 nitrogen and oxygen atoms in total. The molecule has 1 heterocycles. The van der Waals surface area contributed by atoms with Gasteiger partial charge in [0.05, 0.1) is 0 Å². The summed E-state index contributed by atoms with van der Waals surface area (Å²) in [7, 11) is 1.54. The Labute approximate surface area is 113 Å². The van der Waals surface area contributed by atoms with E-state index in [0.29, 0.717) is 5.88 Å². The molecule has 0 saturated carbocycles. The van der Waals surface area contributed by atoms with Crippen molar-refractivity contribution < 1.29 is 9.53 Å². The monoisotopic (exact) mass is 267 g/mol. The van der Waals surface area contributed by atoms with E-state index in [1.165, 1.54) is 11.1 Å². The Morgan fingerprint density at radius 1 is 1.56 bits per heavy atom. The molecule has 0 fully saturated rings. The minimum absolute atomic E-state index is 0.0221. The summed E-state index contributed by atoms with van der Waals surface area (Å²) in [4.78, 5) is 13.8. The number of rotatable bonds is 4. The molecular weight excluding hydrogens is 250 g/mol. The van der Waals surface area contributed by atoms with Gasteiger partial charge in [0, 0.05) is 24.7 Å². The molecule has 2 rings (SSSR count). The number of aryl methyl sites for hydroxylation is 1. The zero-order chi connectivity index (χ0) is 13.1. The van der Waals surface area contributed by atoms with Gasteiger partial charge in [0.2, 0.25) is 0 Å². The van der Waals surface area contributed by atoms with Crippen LogP contribution in [0.1, 0.15) is 18.1 Å². The molecule has 1 amide bonds. The third-order valence-electron chi connectivity index (χ3n) is 3.28. The van der Waals surface area contributed by atoms with Crippen LogP contribution in [0, 0.1) is 0 Å². The molecule has 0 N–H and O–H groups in total. The number of amides is 1. The van der Waals surface area contributed by atoms with Gasteiger partial charge in [0.25, 0.3) is 5.91 Å². The Bertz CT molecular complexity index is 447. The van der Waals surface area contributed by atoms with Gasteiger partial charge in [0.1, 0.15) is 6.61 Å². The SMILES string of the molecule is COCC(=O)N1c2ccc(CCCl)cc2CC1C. The zero-order valence-corrected chi connectivity index (χ0v) is 11.5. The number of hydrogen-bond donors (Lipinski definition) is 0. The van der Waals surface area contributed by atoms with Gasteiger partial charge in [-0.1, -0.05) is 12.1 Å². The van der Waals surface area contributed by atoms with Crippen molar-refractivity contribution in [1.29, 1.82) is 0 Å². The first-order valence-electron chi connectivity index (χ1n) is 6.16. The number of benzene rings is 1. The highest BCUT2D eigenvalue weighted by Gasteiger charge is 2.30. The average molecular weight is 268 g/mol. The number of fused-ring (bicyclic) bond motifs is 1. The van der Waals surface area contributed by atoms with Crippen molar-refractivity contribution in [2.45, 2.75) is 25.8 Å². The minimum Gasteiger partial charge on any atom is -0.375 e. The summed E-state index contributed by atoms with van der Waals surface area (Å²) in [6.07, 6.45) is 1.77. The van der Waals surface area contributed by atoms with Crippen LogP contribution >= 0.6 is 11.6 Å². The van der Waals surface area contributed by atoms with Crippen LogP contribution in [-0.2, 0) is 22.4 Å². The first kappa shape index (κ1) is 13.4. The third kappa shape index (κ3) is 2.52. The quantitative estimate of drug-likeness (QED) is 0.784. The van der Waals surface area contributed by atoms with E-state index in [1.54, 1.807) is 7.11 Å². The van der Waals surface area contributed by atoms with Gasteiger partial charge in [-0.15, -0.1) is 11.6 Å². The maximum Gasteiger partial charge on any atom is 0.253 e. The van der Waals surface area contributed by atoms with Crippen LogP contribution < -0.4 is 4.90 Å². The Balaban J connectivity index is 2.26. The standard InChI is InChI=1S/C14H18ClNO2/c1-10-7-12-8-11(5-6-15)3-4-13(12)16(10)14(17)9-18-2/h3-4,8,10H,5-7,9H2,1-2H3. The van der Waals surface area contributed by atoms with Crippen LogP contribution in [0.5, 0.6) is 0 Å². The van der Waals surface area contributed by atoms with Gasteiger partial charge >= 0.3 is 0 Å². The van der Waals surface area contributed by atoms with E-state index >= 15 is 0 Å². The summed E-state index contributed by atoms with van der Waals surface area (Å²) < 4.78 is 4.93. The summed E-state index contributed by atoms with van der Waals surface area (Å²) in [5.41, 5.74) is 3.48. The molecule has 4 heteroatoms. The molecule has 0 bridgehead atoms. The van der Waals surface area contributed by atoms with E-state index in [1.807, 2.05) is 17.0 Å². The van der Waals surface area contributed by atoms with Crippen LogP contribution in [0.2, 0.25) is 0 Å². The Morgan fingerprint density at radius 2 is 2.33 bits per heavy atom. The lowest BCUT2D eigenvalue weighted by atomic mass is 10.1. The number of anilines is 1. The smallest absolute Gasteiger partial charge is 0.253 e. The topological polar surface area (TPSA) is 29.5 Å². The van der Waals surface area contributed by atoms with Crippen molar-refractivity contribution in [3.05, 3.63) is 29.3 Å². The summed E-state index contributed by atoms with van der Waals surface area (Å²) in [6, 6.07) is 6.43. The molecule has 1 aromatic rings. The molecule has 0 spiro atoms. The van der Waals surface area contributed by atoms with E-state index in [0.717, 1.165) is 18.5 Å². The van der Waals surface area contributed by atoms with Crippen molar-refractivity contribution >= 4 is 23.2 Å². The van der Waals surface area contributed by atoms with Crippen molar-refractivity contribution in [3.63, 3.8) is 0 Å². The van der Waals surface area contributed by atoms with Gasteiger partial charge in [-0.05, 0) is 37.0 Å². The number of carbonyl (C=O) groups excluding carboxylic acids is 1. The van der Waals surface area contributed by atoms with Crippen molar-refractivity contribution in [1.82, 2.24) is 0 Å². The summed E-state index contributed by atoms with van der Waals surface area (Å²) >= 11 is 5.75. The molecular formula is C14H18ClNO2. The van der Waals surface area contributed by atoms with E-state index in [9.17, 15) is 4.79 Å².